The van der Waals surface area contributed by atoms with Gasteiger partial charge in [-0.25, -0.2) is 0 Å². The molecule has 0 bridgehead atoms. The molecule has 0 unspecified atom stereocenters. The van der Waals surface area contributed by atoms with Gasteiger partial charge in [-0.2, -0.15) is 0 Å². The summed E-state index contributed by atoms with van der Waals surface area (Å²) in [4.78, 5) is 0.977. The van der Waals surface area contributed by atoms with Crippen molar-refractivity contribution in [2.24, 2.45) is 0 Å². The van der Waals surface area contributed by atoms with Crippen LogP contribution in [0.4, 0.5) is 0 Å². The SMILES string of the molecule is CCOc1ccc(Cc2nnc(-c3cccs3)o2)cc1OCC. The first-order valence-corrected chi connectivity index (χ1v) is 8.43. The van der Waals surface area contributed by atoms with Crippen LogP contribution in [0.25, 0.3) is 10.8 Å². The van der Waals surface area contributed by atoms with Crippen LogP contribution < -0.4 is 9.47 Å². The minimum absolute atomic E-state index is 0.560. The molecular weight excluding hydrogens is 312 g/mol. The van der Waals surface area contributed by atoms with Gasteiger partial charge in [-0.1, -0.05) is 12.1 Å². The lowest BCUT2D eigenvalue weighted by atomic mass is 10.1. The molecule has 2 aromatic heterocycles. The number of hydrogen-bond acceptors (Lipinski definition) is 6. The van der Waals surface area contributed by atoms with Gasteiger partial charge in [-0.15, -0.1) is 21.5 Å². The highest BCUT2D eigenvalue weighted by Gasteiger charge is 2.12. The number of aromatic nitrogens is 2. The Hall–Kier alpha value is -2.34. The smallest absolute Gasteiger partial charge is 0.257 e. The fraction of sp³-hybridized carbons (Fsp3) is 0.294. The van der Waals surface area contributed by atoms with Crippen molar-refractivity contribution in [1.29, 1.82) is 0 Å². The second-order valence-corrected chi connectivity index (χ2v) is 5.75. The summed E-state index contributed by atoms with van der Waals surface area (Å²) < 4.78 is 16.9. The Kier molecular flexibility index (Phi) is 4.92. The molecule has 0 saturated heterocycles. The Morgan fingerprint density at radius 1 is 1.04 bits per heavy atom. The van der Waals surface area contributed by atoms with Crippen LogP contribution in [-0.2, 0) is 6.42 Å². The van der Waals surface area contributed by atoms with E-state index in [-0.39, 0.29) is 0 Å². The van der Waals surface area contributed by atoms with Crippen LogP contribution in [0.2, 0.25) is 0 Å². The first-order chi connectivity index (χ1) is 11.3. The van der Waals surface area contributed by atoms with Gasteiger partial charge in [-0.3, -0.25) is 0 Å². The monoisotopic (exact) mass is 330 g/mol. The fourth-order valence-electron chi connectivity index (χ4n) is 2.20. The van der Waals surface area contributed by atoms with Gasteiger partial charge >= 0.3 is 0 Å². The number of benzene rings is 1. The molecular formula is C17H18N2O3S. The standard InChI is InChI=1S/C17H18N2O3S/c1-3-20-13-8-7-12(10-14(13)21-4-2)11-16-18-19-17(22-16)15-6-5-9-23-15/h5-10H,3-4,11H2,1-2H3. The highest BCUT2D eigenvalue weighted by Crippen LogP contribution is 2.30. The quantitative estimate of drug-likeness (QED) is 0.650. The highest BCUT2D eigenvalue weighted by molar-refractivity contribution is 7.13. The molecule has 0 N–H and O–H groups in total. The summed E-state index contributed by atoms with van der Waals surface area (Å²) in [5.41, 5.74) is 1.04. The molecule has 2 heterocycles. The van der Waals surface area contributed by atoms with Gasteiger partial charge in [0.05, 0.1) is 24.5 Å². The van der Waals surface area contributed by atoms with Crippen molar-refractivity contribution < 1.29 is 13.9 Å². The van der Waals surface area contributed by atoms with Gasteiger partial charge in [0.2, 0.25) is 5.89 Å². The van der Waals surface area contributed by atoms with Crippen LogP contribution in [-0.4, -0.2) is 23.4 Å². The molecule has 0 spiro atoms. The minimum Gasteiger partial charge on any atom is -0.490 e. The lowest BCUT2D eigenvalue weighted by molar-refractivity contribution is 0.287. The maximum atomic E-state index is 5.73. The van der Waals surface area contributed by atoms with Crippen molar-refractivity contribution in [3.63, 3.8) is 0 Å². The first kappa shape index (κ1) is 15.6. The van der Waals surface area contributed by atoms with Gasteiger partial charge in [-0.05, 0) is 43.0 Å². The predicted octanol–water partition coefficient (Wildman–Crippen LogP) is 4.19. The number of thiophene rings is 1. The van der Waals surface area contributed by atoms with E-state index in [9.17, 15) is 0 Å². The van der Waals surface area contributed by atoms with Crippen molar-refractivity contribution >= 4 is 11.3 Å². The molecule has 0 radical (unpaired) electrons. The van der Waals surface area contributed by atoms with E-state index in [1.54, 1.807) is 11.3 Å². The Balaban J connectivity index is 1.78. The fourth-order valence-corrected chi connectivity index (χ4v) is 2.85. The predicted molar refractivity (Wildman–Crippen MR) is 89.2 cm³/mol. The highest BCUT2D eigenvalue weighted by atomic mass is 32.1. The molecule has 0 aliphatic rings. The van der Waals surface area contributed by atoms with Crippen LogP contribution in [0.15, 0.2) is 40.1 Å². The number of hydrogen-bond donors (Lipinski definition) is 0. The van der Waals surface area contributed by atoms with E-state index in [2.05, 4.69) is 10.2 Å². The lowest BCUT2D eigenvalue weighted by Crippen LogP contribution is -1.99. The molecule has 0 aliphatic carbocycles. The summed E-state index contributed by atoms with van der Waals surface area (Å²) in [5.74, 6) is 2.64. The van der Waals surface area contributed by atoms with Crippen molar-refractivity contribution in [2.45, 2.75) is 20.3 Å². The molecule has 0 amide bonds. The summed E-state index contributed by atoms with van der Waals surface area (Å²) in [6, 6.07) is 9.79. The van der Waals surface area contributed by atoms with Crippen molar-refractivity contribution in [3.05, 3.63) is 47.2 Å². The Morgan fingerprint density at radius 2 is 1.87 bits per heavy atom. The molecule has 0 fully saturated rings. The van der Waals surface area contributed by atoms with E-state index in [4.69, 9.17) is 13.9 Å². The van der Waals surface area contributed by atoms with Crippen molar-refractivity contribution in [1.82, 2.24) is 10.2 Å². The Bertz CT molecular complexity index is 753. The lowest BCUT2D eigenvalue weighted by Gasteiger charge is -2.11. The molecule has 1 aromatic carbocycles. The second kappa shape index (κ2) is 7.28. The van der Waals surface area contributed by atoms with E-state index in [0.29, 0.717) is 31.4 Å². The second-order valence-electron chi connectivity index (χ2n) is 4.80. The van der Waals surface area contributed by atoms with Crippen LogP contribution in [0, 0.1) is 0 Å². The summed E-state index contributed by atoms with van der Waals surface area (Å²) in [7, 11) is 0. The number of nitrogens with zero attached hydrogens (tertiary/aromatic N) is 2. The van der Waals surface area contributed by atoms with Gasteiger partial charge in [0.25, 0.3) is 5.89 Å². The number of ether oxygens (including phenoxy) is 2. The zero-order chi connectivity index (χ0) is 16.1. The van der Waals surface area contributed by atoms with Crippen molar-refractivity contribution in [3.8, 4) is 22.3 Å². The number of rotatable bonds is 7. The first-order valence-electron chi connectivity index (χ1n) is 7.55. The molecule has 5 nitrogen and oxygen atoms in total. The largest absolute Gasteiger partial charge is 0.490 e. The van der Waals surface area contributed by atoms with E-state index in [0.717, 1.165) is 21.9 Å². The van der Waals surface area contributed by atoms with Crippen molar-refractivity contribution in [2.75, 3.05) is 13.2 Å². The van der Waals surface area contributed by atoms with Crippen LogP contribution >= 0.6 is 11.3 Å². The molecule has 3 rings (SSSR count). The average molecular weight is 330 g/mol. The molecule has 0 atom stereocenters. The van der Waals surface area contributed by atoms with Gasteiger partial charge in [0.1, 0.15) is 0 Å². The van der Waals surface area contributed by atoms with Crippen LogP contribution in [0.5, 0.6) is 11.5 Å². The molecule has 120 valence electrons. The van der Waals surface area contributed by atoms with Gasteiger partial charge < -0.3 is 13.9 Å². The maximum Gasteiger partial charge on any atom is 0.257 e. The maximum absolute atomic E-state index is 5.73. The third-order valence-electron chi connectivity index (χ3n) is 3.16. The molecule has 6 heteroatoms. The zero-order valence-electron chi connectivity index (χ0n) is 13.1. The molecule has 3 aromatic rings. The molecule has 0 saturated carbocycles. The van der Waals surface area contributed by atoms with Gasteiger partial charge in [0.15, 0.2) is 11.5 Å². The van der Waals surface area contributed by atoms with E-state index >= 15 is 0 Å². The van der Waals surface area contributed by atoms with Gasteiger partial charge in [0, 0.05) is 0 Å². The summed E-state index contributed by atoms with van der Waals surface area (Å²) in [6.45, 7) is 5.10. The molecule has 0 aliphatic heterocycles. The normalized spacial score (nSPS) is 10.7. The van der Waals surface area contributed by atoms with Crippen LogP contribution in [0.3, 0.4) is 0 Å². The van der Waals surface area contributed by atoms with E-state index in [1.807, 2.05) is 49.6 Å². The summed E-state index contributed by atoms with van der Waals surface area (Å²) >= 11 is 1.58. The van der Waals surface area contributed by atoms with E-state index < -0.39 is 0 Å². The summed E-state index contributed by atoms with van der Waals surface area (Å²) in [6.07, 6.45) is 0.560. The van der Waals surface area contributed by atoms with Crippen LogP contribution in [0.1, 0.15) is 25.3 Å². The minimum atomic E-state index is 0.560. The third kappa shape index (κ3) is 3.71. The topological polar surface area (TPSA) is 57.4 Å². The molecule has 23 heavy (non-hydrogen) atoms. The third-order valence-corrected chi connectivity index (χ3v) is 4.02. The average Bonchev–Trinajstić information content (AvgIpc) is 3.21. The Labute approximate surface area is 138 Å². The zero-order valence-corrected chi connectivity index (χ0v) is 13.9. The summed E-state index contributed by atoms with van der Waals surface area (Å²) in [5, 5.41) is 10.2. The Morgan fingerprint density at radius 3 is 2.61 bits per heavy atom. The van der Waals surface area contributed by atoms with E-state index in [1.165, 1.54) is 0 Å².